The molecule has 3 aromatic rings. The molecule has 0 spiro atoms. The van der Waals surface area contributed by atoms with Crippen molar-refractivity contribution in [1.82, 2.24) is 0 Å². The minimum absolute atomic E-state index is 0.475. The quantitative estimate of drug-likeness (QED) is 0.398. The average molecular weight is 491 g/mol. The molecule has 0 radical (unpaired) electrons. The zero-order valence-electron chi connectivity index (χ0n) is 15.3. The van der Waals surface area contributed by atoms with E-state index in [4.69, 9.17) is 9.47 Å². The van der Waals surface area contributed by atoms with E-state index in [1.807, 2.05) is 36.4 Å². The molecule has 0 aliphatic rings. The van der Waals surface area contributed by atoms with Crippen molar-refractivity contribution < 1.29 is 9.47 Å². The molecule has 0 bridgehead atoms. The van der Waals surface area contributed by atoms with E-state index in [-0.39, 0.29) is 0 Å². The largest absolute Gasteiger partial charge is 0.493 e. The van der Waals surface area contributed by atoms with Gasteiger partial charge in [0.2, 0.25) is 0 Å². The van der Waals surface area contributed by atoms with Crippen LogP contribution in [0.1, 0.15) is 16.7 Å². The van der Waals surface area contributed by atoms with Crippen LogP contribution < -0.4 is 14.8 Å². The molecule has 3 nitrogen and oxygen atoms in total. The molecule has 3 aromatic carbocycles. The van der Waals surface area contributed by atoms with Crippen LogP contribution >= 0.6 is 31.9 Å². The summed E-state index contributed by atoms with van der Waals surface area (Å²) in [6, 6.07) is 20.5. The van der Waals surface area contributed by atoms with E-state index in [0.717, 1.165) is 25.8 Å². The van der Waals surface area contributed by atoms with Crippen LogP contribution in [0.5, 0.6) is 11.5 Å². The predicted octanol–water partition coefficient (Wildman–Crippen LogP) is 6.72. The molecular formula is C22H21Br2NO2. The summed E-state index contributed by atoms with van der Waals surface area (Å²) >= 11 is 7.07. The number of aryl methyl sites for hydroxylation is 1. The van der Waals surface area contributed by atoms with Crippen LogP contribution in [0, 0.1) is 6.92 Å². The van der Waals surface area contributed by atoms with Crippen molar-refractivity contribution >= 4 is 37.5 Å². The van der Waals surface area contributed by atoms with Crippen LogP contribution in [-0.4, -0.2) is 7.11 Å². The van der Waals surface area contributed by atoms with Crippen molar-refractivity contribution in [3.05, 3.63) is 86.3 Å². The van der Waals surface area contributed by atoms with Gasteiger partial charge in [-0.15, -0.1) is 0 Å². The molecule has 0 atom stereocenters. The summed E-state index contributed by atoms with van der Waals surface area (Å²) in [5.74, 6) is 1.42. The van der Waals surface area contributed by atoms with Crippen molar-refractivity contribution in [3.63, 3.8) is 0 Å². The summed E-state index contributed by atoms with van der Waals surface area (Å²) < 4.78 is 13.5. The van der Waals surface area contributed by atoms with Crippen LogP contribution in [0.2, 0.25) is 0 Å². The number of hydrogen-bond donors (Lipinski definition) is 1. The lowest BCUT2D eigenvalue weighted by Crippen LogP contribution is -2.03. The molecule has 3 rings (SSSR count). The van der Waals surface area contributed by atoms with E-state index in [0.29, 0.717) is 24.7 Å². The Kier molecular flexibility index (Phi) is 6.80. The zero-order chi connectivity index (χ0) is 19.2. The molecular weight excluding hydrogens is 470 g/mol. The van der Waals surface area contributed by atoms with Crippen LogP contribution in [-0.2, 0) is 13.2 Å². The molecule has 5 heteroatoms. The number of ether oxygens (including phenoxy) is 2. The predicted molar refractivity (Wildman–Crippen MR) is 118 cm³/mol. The van der Waals surface area contributed by atoms with E-state index in [9.17, 15) is 0 Å². The second-order valence-electron chi connectivity index (χ2n) is 6.25. The maximum Gasteiger partial charge on any atom is 0.175 e. The fourth-order valence-corrected chi connectivity index (χ4v) is 3.58. The molecule has 0 aliphatic carbocycles. The third-order valence-electron chi connectivity index (χ3n) is 4.10. The Morgan fingerprint density at radius 3 is 2.41 bits per heavy atom. The van der Waals surface area contributed by atoms with Crippen LogP contribution in [0.15, 0.2) is 69.6 Å². The van der Waals surface area contributed by atoms with Gasteiger partial charge >= 0.3 is 0 Å². The monoisotopic (exact) mass is 489 g/mol. The number of rotatable bonds is 7. The lowest BCUT2D eigenvalue weighted by atomic mass is 10.1. The van der Waals surface area contributed by atoms with E-state index < -0.39 is 0 Å². The Hall–Kier alpha value is -1.98. The smallest absolute Gasteiger partial charge is 0.175 e. The molecule has 1 N–H and O–H groups in total. The first-order valence-electron chi connectivity index (χ1n) is 8.59. The maximum atomic E-state index is 6.01. The number of benzene rings is 3. The van der Waals surface area contributed by atoms with Gasteiger partial charge < -0.3 is 14.8 Å². The van der Waals surface area contributed by atoms with Gasteiger partial charge in [-0.1, -0.05) is 40.2 Å². The SMILES string of the molecule is COc1cc(CNc2cccc(C)c2)cc(Br)c1OCc1ccc(Br)cc1. The van der Waals surface area contributed by atoms with E-state index >= 15 is 0 Å². The van der Waals surface area contributed by atoms with Gasteiger partial charge in [0.25, 0.3) is 0 Å². The topological polar surface area (TPSA) is 30.5 Å². The van der Waals surface area contributed by atoms with E-state index in [1.54, 1.807) is 7.11 Å². The molecule has 0 aliphatic heterocycles. The van der Waals surface area contributed by atoms with Crippen molar-refractivity contribution in [2.24, 2.45) is 0 Å². The fraction of sp³-hybridized carbons (Fsp3) is 0.182. The molecule has 0 fully saturated rings. The Morgan fingerprint density at radius 2 is 1.70 bits per heavy atom. The fourth-order valence-electron chi connectivity index (χ4n) is 2.71. The van der Waals surface area contributed by atoms with Gasteiger partial charge in [-0.25, -0.2) is 0 Å². The molecule has 0 saturated carbocycles. The number of hydrogen-bond acceptors (Lipinski definition) is 3. The highest BCUT2D eigenvalue weighted by Crippen LogP contribution is 2.37. The van der Waals surface area contributed by atoms with Crippen molar-refractivity contribution in [3.8, 4) is 11.5 Å². The Balaban J connectivity index is 1.71. The summed E-state index contributed by atoms with van der Waals surface area (Å²) in [7, 11) is 1.66. The highest BCUT2D eigenvalue weighted by atomic mass is 79.9. The molecule has 140 valence electrons. The first kappa shape index (κ1) is 19.8. The average Bonchev–Trinajstić information content (AvgIpc) is 2.66. The van der Waals surface area contributed by atoms with Gasteiger partial charge in [0.05, 0.1) is 11.6 Å². The Bertz CT molecular complexity index is 911. The Labute approximate surface area is 177 Å². The van der Waals surface area contributed by atoms with Gasteiger partial charge in [0, 0.05) is 16.7 Å². The summed E-state index contributed by atoms with van der Waals surface area (Å²) in [5, 5.41) is 3.44. The van der Waals surface area contributed by atoms with Gasteiger partial charge in [0.1, 0.15) is 6.61 Å². The van der Waals surface area contributed by atoms with Gasteiger partial charge in [-0.2, -0.15) is 0 Å². The number of nitrogens with one attached hydrogen (secondary N) is 1. The third kappa shape index (κ3) is 5.50. The maximum absolute atomic E-state index is 6.01. The Morgan fingerprint density at radius 1 is 0.926 bits per heavy atom. The second-order valence-corrected chi connectivity index (χ2v) is 8.02. The lowest BCUT2D eigenvalue weighted by Gasteiger charge is -2.15. The normalized spacial score (nSPS) is 10.5. The number of anilines is 1. The first-order valence-corrected chi connectivity index (χ1v) is 10.2. The highest BCUT2D eigenvalue weighted by Gasteiger charge is 2.12. The van der Waals surface area contributed by atoms with Crippen LogP contribution in [0.4, 0.5) is 5.69 Å². The van der Waals surface area contributed by atoms with Crippen LogP contribution in [0.3, 0.4) is 0 Å². The third-order valence-corrected chi connectivity index (χ3v) is 5.22. The van der Waals surface area contributed by atoms with E-state index in [2.05, 4.69) is 68.4 Å². The highest BCUT2D eigenvalue weighted by molar-refractivity contribution is 9.10. The van der Waals surface area contributed by atoms with Crippen molar-refractivity contribution in [2.75, 3.05) is 12.4 Å². The van der Waals surface area contributed by atoms with Crippen LogP contribution in [0.25, 0.3) is 0 Å². The molecule has 27 heavy (non-hydrogen) atoms. The number of methoxy groups -OCH3 is 1. The minimum atomic E-state index is 0.475. The summed E-state index contributed by atoms with van der Waals surface area (Å²) in [4.78, 5) is 0. The molecule has 0 unspecified atom stereocenters. The summed E-state index contributed by atoms with van der Waals surface area (Å²) in [6.07, 6.45) is 0. The van der Waals surface area contributed by atoms with Crippen molar-refractivity contribution in [1.29, 1.82) is 0 Å². The summed E-state index contributed by atoms with van der Waals surface area (Å²) in [5.41, 5.74) is 4.53. The standard InChI is InChI=1S/C22H21Br2NO2/c1-15-4-3-5-19(10-15)25-13-17-11-20(24)22(21(12-17)26-2)27-14-16-6-8-18(23)9-7-16/h3-12,25H,13-14H2,1-2H3. The second kappa shape index (κ2) is 9.29. The molecule has 0 aromatic heterocycles. The molecule has 0 heterocycles. The number of halogens is 2. The van der Waals surface area contributed by atoms with Crippen molar-refractivity contribution in [2.45, 2.75) is 20.1 Å². The van der Waals surface area contributed by atoms with E-state index in [1.165, 1.54) is 5.56 Å². The van der Waals surface area contributed by atoms with Gasteiger partial charge in [-0.05, 0) is 75.9 Å². The molecule has 0 saturated heterocycles. The summed E-state index contributed by atoms with van der Waals surface area (Å²) in [6.45, 7) is 3.26. The molecule has 0 amide bonds. The van der Waals surface area contributed by atoms with Gasteiger partial charge in [-0.3, -0.25) is 0 Å². The lowest BCUT2D eigenvalue weighted by molar-refractivity contribution is 0.282. The minimum Gasteiger partial charge on any atom is -0.493 e. The first-order chi connectivity index (χ1) is 13.0. The van der Waals surface area contributed by atoms with Gasteiger partial charge in [0.15, 0.2) is 11.5 Å². The zero-order valence-corrected chi connectivity index (χ0v) is 18.4.